The number of hydrogen-bond donors (Lipinski definition) is 0. The van der Waals surface area contributed by atoms with E-state index in [0.717, 1.165) is 42.3 Å². The van der Waals surface area contributed by atoms with E-state index in [1.165, 1.54) is 0 Å². The molecule has 2 aliphatic heterocycles. The Balaban J connectivity index is 1.33. The fourth-order valence-corrected chi connectivity index (χ4v) is 8.48. The summed E-state index contributed by atoms with van der Waals surface area (Å²) >= 11 is 3.33. The molecule has 0 fully saturated rings. The lowest BCUT2D eigenvalue weighted by atomic mass is 9.87. The smallest absolute Gasteiger partial charge is 0.0999 e. The molecule has 0 atom stereocenters. The second-order valence-corrected chi connectivity index (χ2v) is 13.2. The van der Waals surface area contributed by atoms with Gasteiger partial charge in [-0.3, -0.25) is 0 Å². The predicted octanol–water partition coefficient (Wildman–Crippen LogP) is 10.7. The largest absolute Gasteiger partial charge is 0.308 e. The lowest BCUT2D eigenvalue weighted by Crippen LogP contribution is -2.16. The summed E-state index contributed by atoms with van der Waals surface area (Å²) in [6, 6.07) is 48.1. The van der Waals surface area contributed by atoms with Crippen LogP contribution in [0.3, 0.4) is 0 Å². The van der Waals surface area contributed by atoms with Crippen molar-refractivity contribution in [1.82, 2.24) is 0 Å². The number of benzene rings is 6. The summed E-state index contributed by atoms with van der Waals surface area (Å²) in [4.78, 5) is 8.29. The van der Waals surface area contributed by atoms with Gasteiger partial charge in [-0.1, -0.05) is 72.1 Å². The molecule has 6 aromatic rings. The lowest BCUT2D eigenvalue weighted by Gasteiger charge is -2.33. The van der Waals surface area contributed by atoms with Crippen molar-refractivity contribution in [3.8, 4) is 35.4 Å². The Hall–Kier alpha value is -6.42. The highest BCUT2D eigenvalue weighted by atomic mass is 32.2. The van der Waals surface area contributed by atoms with E-state index in [1.54, 1.807) is 47.8 Å². The summed E-state index contributed by atoms with van der Waals surface area (Å²) in [6.07, 6.45) is 0. The van der Waals surface area contributed by atoms with Gasteiger partial charge in [0.25, 0.3) is 0 Å². The van der Waals surface area contributed by atoms with Gasteiger partial charge in [0.2, 0.25) is 0 Å². The number of para-hydroxylation sites is 4. The molecule has 6 aromatic carbocycles. The Kier molecular flexibility index (Phi) is 7.10. The van der Waals surface area contributed by atoms with E-state index >= 15 is 0 Å². The first kappa shape index (κ1) is 29.0. The van der Waals surface area contributed by atoms with Crippen LogP contribution in [0.25, 0.3) is 11.1 Å². The van der Waals surface area contributed by atoms with E-state index in [4.69, 9.17) is 0 Å². The van der Waals surface area contributed by atoms with E-state index in [1.807, 2.05) is 97.1 Å². The van der Waals surface area contributed by atoms with Crippen molar-refractivity contribution in [3.05, 3.63) is 144 Å². The molecule has 0 saturated heterocycles. The predicted molar refractivity (Wildman–Crippen MR) is 188 cm³/mol. The van der Waals surface area contributed by atoms with Crippen LogP contribution in [0.4, 0.5) is 34.1 Å². The Labute approximate surface area is 286 Å². The molecule has 8 rings (SSSR count). The van der Waals surface area contributed by atoms with E-state index in [0.29, 0.717) is 11.4 Å². The van der Waals surface area contributed by atoms with Crippen LogP contribution in [0.1, 0.15) is 22.3 Å². The van der Waals surface area contributed by atoms with Gasteiger partial charge in [-0.05, 0) is 72.8 Å². The minimum absolute atomic E-state index is 0.197. The highest BCUT2D eigenvalue weighted by molar-refractivity contribution is 8.00. The number of nitrogens with zero attached hydrogens (tertiary/aromatic N) is 6. The van der Waals surface area contributed by atoms with Crippen LogP contribution in [0, 0.1) is 45.3 Å². The molecule has 2 heterocycles. The third-order valence-corrected chi connectivity index (χ3v) is 10.6. The summed E-state index contributed by atoms with van der Waals surface area (Å²) in [5.74, 6) is 0. The fourth-order valence-electron chi connectivity index (χ4n) is 6.37. The SMILES string of the molecule is N#Cc1cc(N2c3ccccc3Sc3ccccc32)cc(C#N)c1-c1c(C#N)cc(N2c3ccccc3Sc3ccccc32)cc1C#N. The molecule has 0 amide bonds. The first-order valence-electron chi connectivity index (χ1n) is 14.9. The second kappa shape index (κ2) is 11.7. The van der Waals surface area contributed by atoms with Gasteiger partial charge in [0, 0.05) is 42.1 Å². The van der Waals surface area contributed by atoms with Gasteiger partial charge in [0.05, 0.1) is 69.3 Å². The number of fused-ring (bicyclic) bond motifs is 4. The Bertz CT molecular complexity index is 2160. The van der Waals surface area contributed by atoms with Crippen molar-refractivity contribution < 1.29 is 0 Å². The summed E-state index contributed by atoms with van der Waals surface area (Å²) < 4.78 is 0. The second-order valence-electron chi connectivity index (χ2n) is 11.0. The lowest BCUT2D eigenvalue weighted by molar-refractivity contribution is 1.16. The summed E-state index contributed by atoms with van der Waals surface area (Å²) in [7, 11) is 0. The molecule has 0 radical (unpaired) electrons. The molecule has 2 aliphatic rings. The molecular formula is C40H20N6S2. The Morgan fingerprint density at radius 2 is 0.625 bits per heavy atom. The van der Waals surface area contributed by atoms with Gasteiger partial charge < -0.3 is 9.80 Å². The number of anilines is 6. The average molecular weight is 649 g/mol. The zero-order valence-electron chi connectivity index (χ0n) is 25.0. The number of rotatable bonds is 3. The van der Waals surface area contributed by atoms with E-state index in [9.17, 15) is 21.0 Å². The van der Waals surface area contributed by atoms with Gasteiger partial charge in [0.1, 0.15) is 0 Å². The fraction of sp³-hybridized carbons (Fsp3) is 0. The molecule has 0 unspecified atom stereocenters. The minimum atomic E-state index is 0.197. The van der Waals surface area contributed by atoms with Crippen molar-refractivity contribution >= 4 is 57.6 Å². The molecule has 0 aliphatic carbocycles. The van der Waals surface area contributed by atoms with Gasteiger partial charge in [-0.2, -0.15) is 21.0 Å². The van der Waals surface area contributed by atoms with Crippen molar-refractivity contribution in [1.29, 1.82) is 21.0 Å². The first-order chi connectivity index (χ1) is 23.6. The number of hydrogen-bond acceptors (Lipinski definition) is 8. The third-order valence-electron chi connectivity index (χ3n) is 8.36. The van der Waals surface area contributed by atoms with Crippen LogP contribution in [0.15, 0.2) is 141 Å². The van der Waals surface area contributed by atoms with Crippen molar-refractivity contribution in [3.63, 3.8) is 0 Å². The topological polar surface area (TPSA) is 102 Å². The zero-order chi connectivity index (χ0) is 32.8. The first-order valence-corrected chi connectivity index (χ1v) is 16.6. The van der Waals surface area contributed by atoms with Crippen molar-refractivity contribution in [2.45, 2.75) is 19.6 Å². The van der Waals surface area contributed by atoms with Crippen LogP contribution < -0.4 is 9.80 Å². The van der Waals surface area contributed by atoms with Crippen LogP contribution in [-0.2, 0) is 0 Å². The standard InChI is InChI=1S/C40H20N6S2/c41-21-25-17-29(45-31-9-1-5-13-35(31)47-36-14-6-2-10-32(36)45)18-26(22-42)39(25)40-27(23-43)19-30(20-28(40)24-44)46-33-11-3-7-15-37(33)48-38-16-8-4-12-34(38)46/h1-20H. The molecule has 0 saturated carbocycles. The maximum absolute atomic E-state index is 10.6. The van der Waals surface area contributed by atoms with Crippen LogP contribution in [0.5, 0.6) is 0 Å². The minimum Gasteiger partial charge on any atom is -0.308 e. The average Bonchev–Trinajstić information content (AvgIpc) is 3.14. The van der Waals surface area contributed by atoms with Gasteiger partial charge in [-0.15, -0.1) is 0 Å². The molecule has 0 spiro atoms. The molecular weight excluding hydrogens is 629 g/mol. The maximum atomic E-state index is 10.6. The molecule has 0 bridgehead atoms. The molecule has 48 heavy (non-hydrogen) atoms. The Morgan fingerprint density at radius 1 is 0.375 bits per heavy atom. The molecule has 8 heteroatoms. The molecule has 0 aromatic heterocycles. The van der Waals surface area contributed by atoms with Crippen LogP contribution in [0.2, 0.25) is 0 Å². The summed E-state index contributed by atoms with van der Waals surface area (Å²) in [6.45, 7) is 0. The van der Waals surface area contributed by atoms with Crippen LogP contribution >= 0.6 is 23.5 Å². The monoisotopic (exact) mass is 648 g/mol. The van der Waals surface area contributed by atoms with E-state index in [-0.39, 0.29) is 33.4 Å². The highest BCUT2D eigenvalue weighted by Gasteiger charge is 2.30. The summed E-state index contributed by atoms with van der Waals surface area (Å²) in [5.41, 5.74) is 6.33. The van der Waals surface area contributed by atoms with Gasteiger partial charge in [0.15, 0.2) is 0 Å². The van der Waals surface area contributed by atoms with Crippen molar-refractivity contribution in [2.24, 2.45) is 0 Å². The van der Waals surface area contributed by atoms with E-state index < -0.39 is 0 Å². The van der Waals surface area contributed by atoms with Gasteiger partial charge in [-0.25, -0.2) is 0 Å². The summed E-state index contributed by atoms with van der Waals surface area (Å²) in [5, 5.41) is 42.2. The van der Waals surface area contributed by atoms with E-state index in [2.05, 4.69) is 34.1 Å². The quantitative estimate of drug-likeness (QED) is 0.186. The Morgan fingerprint density at radius 3 is 0.875 bits per heavy atom. The van der Waals surface area contributed by atoms with Crippen LogP contribution in [-0.4, -0.2) is 0 Å². The zero-order valence-corrected chi connectivity index (χ0v) is 26.7. The molecule has 6 nitrogen and oxygen atoms in total. The van der Waals surface area contributed by atoms with Gasteiger partial charge >= 0.3 is 0 Å². The normalized spacial score (nSPS) is 12.2. The third kappa shape index (κ3) is 4.57. The maximum Gasteiger partial charge on any atom is 0.0999 e. The van der Waals surface area contributed by atoms with Crippen molar-refractivity contribution in [2.75, 3.05) is 9.80 Å². The highest BCUT2D eigenvalue weighted by Crippen LogP contribution is 2.54. The number of nitriles is 4. The molecule has 222 valence electrons. The molecule has 0 N–H and O–H groups in total.